The lowest BCUT2D eigenvalue weighted by atomic mass is 10.0. The van der Waals surface area contributed by atoms with E-state index >= 15 is 0 Å². The molecular weight excluding hydrogens is 247 g/mol. The molecule has 2 unspecified atom stereocenters. The fourth-order valence-corrected chi connectivity index (χ4v) is 1.85. The number of nitrogens with zero attached hydrogens (tertiary/aromatic N) is 3. The van der Waals surface area contributed by atoms with Crippen molar-refractivity contribution < 1.29 is 9.13 Å². The monoisotopic (exact) mass is 262 g/mol. The average molecular weight is 262 g/mol. The van der Waals surface area contributed by atoms with Gasteiger partial charge in [-0.25, -0.2) is 19.3 Å². The van der Waals surface area contributed by atoms with Crippen LogP contribution in [0, 0.1) is 0 Å². The van der Waals surface area contributed by atoms with Gasteiger partial charge in [-0.05, 0) is 5.56 Å². The van der Waals surface area contributed by atoms with Crippen LogP contribution in [0.5, 0.6) is 0 Å². The number of benzene rings is 1. The molecule has 0 radical (unpaired) electrons. The van der Waals surface area contributed by atoms with Crippen LogP contribution in [0.1, 0.15) is 11.7 Å². The van der Waals surface area contributed by atoms with Crippen molar-refractivity contribution in [1.82, 2.24) is 15.0 Å². The topological polar surface area (TPSA) is 73.9 Å². The molecule has 19 heavy (non-hydrogen) atoms. The van der Waals surface area contributed by atoms with Crippen molar-refractivity contribution in [2.45, 2.75) is 12.1 Å². The van der Waals surface area contributed by atoms with Crippen molar-refractivity contribution >= 4 is 0 Å². The molecule has 1 aromatic heterocycles. The molecule has 1 aromatic carbocycles. The lowest BCUT2D eigenvalue weighted by molar-refractivity contribution is 0.0721. The van der Waals surface area contributed by atoms with E-state index in [-0.39, 0.29) is 0 Å². The second kappa shape index (κ2) is 6.31. The molecule has 0 aliphatic rings. The van der Waals surface area contributed by atoms with Gasteiger partial charge in [-0.1, -0.05) is 24.3 Å². The van der Waals surface area contributed by atoms with E-state index in [0.29, 0.717) is 5.82 Å². The van der Waals surface area contributed by atoms with Crippen LogP contribution in [-0.2, 0) is 4.74 Å². The molecule has 0 aliphatic carbocycles. The summed E-state index contributed by atoms with van der Waals surface area (Å²) in [5, 5.41) is 0. The van der Waals surface area contributed by atoms with E-state index in [2.05, 4.69) is 15.0 Å². The first-order chi connectivity index (χ1) is 9.26. The van der Waals surface area contributed by atoms with E-state index in [0.717, 1.165) is 11.1 Å². The largest absolute Gasteiger partial charge is 0.375 e. The Morgan fingerprint density at radius 3 is 2.37 bits per heavy atom. The molecule has 0 amide bonds. The van der Waals surface area contributed by atoms with Crippen molar-refractivity contribution in [2.24, 2.45) is 5.73 Å². The summed E-state index contributed by atoms with van der Waals surface area (Å²) in [4.78, 5) is 11.9. The number of hydrogen-bond donors (Lipinski definition) is 1. The van der Waals surface area contributed by atoms with Crippen LogP contribution in [0.3, 0.4) is 0 Å². The molecule has 0 fully saturated rings. The molecule has 0 spiro atoms. The smallest absolute Gasteiger partial charge is 0.162 e. The molecule has 2 aromatic rings. The second-order valence-electron chi connectivity index (χ2n) is 4.06. The molecule has 0 aliphatic heterocycles. The molecule has 0 bridgehead atoms. The third kappa shape index (κ3) is 3.10. The number of aromatic nitrogens is 3. The maximum absolute atomic E-state index is 12.6. The maximum atomic E-state index is 12.6. The molecule has 2 atom stereocenters. The number of hydrogen-bond acceptors (Lipinski definition) is 5. The minimum atomic E-state index is -0.673. The molecule has 0 saturated heterocycles. The van der Waals surface area contributed by atoms with Crippen molar-refractivity contribution in [3.63, 3.8) is 0 Å². The number of rotatable bonds is 5. The Balaban J connectivity index is 2.23. The zero-order chi connectivity index (χ0) is 13.7. The summed E-state index contributed by atoms with van der Waals surface area (Å²) in [5.41, 5.74) is 7.36. The van der Waals surface area contributed by atoms with Gasteiger partial charge in [-0.3, -0.25) is 0 Å². The third-order valence-corrected chi connectivity index (χ3v) is 2.81. The van der Waals surface area contributed by atoms with E-state index in [9.17, 15) is 4.39 Å². The van der Waals surface area contributed by atoms with Gasteiger partial charge in [0.15, 0.2) is 5.82 Å². The van der Waals surface area contributed by atoms with Gasteiger partial charge in [0.05, 0.1) is 12.1 Å². The van der Waals surface area contributed by atoms with Crippen molar-refractivity contribution in [3.8, 4) is 11.4 Å². The first kappa shape index (κ1) is 13.5. The molecule has 2 N–H and O–H groups in total. The van der Waals surface area contributed by atoms with Crippen LogP contribution in [0.25, 0.3) is 11.4 Å². The SMILES string of the molecule is COC(c1ccc(-c2ncncn2)cc1)C(N)CF. The quantitative estimate of drug-likeness (QED) is 0.884. The van der Waals surface area contributed by atoms with Gasteiger partial charge < -0.3 is 10.5 Å². The highest BCUT2D eigenvalue weighted by Crippen LogP contribution is 2.23. The summed E-state index contributed by atoms with van der Waals surface area (Å²) in [5.74, 6) is 0.588. The number of ether oxygens (including phenoxy) is 1. The maximum Gasteiger partial charge on any atom is 0.162 e. The fraction of sp³-hybridized carbons (Fsp3) is 0.308. The van der Waals surface area contributed by atoms with Crippen LogP contribution in [0.15, 0.2) is 36.9 Å². The lowest BCUT2D eigenvalue weighted by Crippen LogP contribution is -2.31. The zero-order valence-electron chi connectivity index (χ0n) is 10.5. The average Bonchev–Trinajstić information content (AvgIpc) is 2.49. The highest BCUT2D eigenvalue weighted by atomic mass is 19.1. The summed E-state index contributed by atoms with van der Waals surface area (Å²) in [6.07, 6.45) is 2.41. The van der Waals surface area contributed by atoms with E-state index in [1.54, 1.807) is 0 Å². The Morgan fingerprint density at radius 1 is 1.21 bits per heavy atom. The Kier molecular flexibility index (Phi) is 4.48. The highest BCUT2D eigenvalue weighted by molar-refractivity contribution is 5.54. The van der Waals surface area contributed by atoms with Crippen molar-refractivity contribution in [1.29, 1.82) is 0 Å². The van der Waals surface area contributed by atoms with Gasteiger partial charge in [0, 0.05) is 12.7 Å². The minimum Gasteiger partial charge on any atom is -0.375 e. The summed E-state index contributed by atoms with van der Waals surface area (Å²) < 4.78 is 17.9. The van der Waals surface area contributed by atoms with Gasteiger partial charge in [0.25, 0.3) is 0 Å². The lowest BCUT2D eigenvalue weighted by Gasteiger charge is -2.20. The van der Waals surface area contributed by atoms with E-state index in [1.807, 2.05) is 24.3 Å². The van der Waals surface area contributed by atoms with Crippen LogP contribution in [-0.4, -0.2) is 34.8 Å². The van der Waals surface area contributed by atoms with E-state index in [4.69, 9.17) is 10.5 Å². The van der Waals surface area contributed by atoms with E-state index in [1.165, 1.54) is 19.8 Å². The Morgan fingerprint density at radius 2 is 1.84 bits per heavy atom. The highest BCUT2D eigenvalue weighted by Gasteiger charge is 2.19. The van der Waals surface area contributed by atoms with Gasteiger partial charge in [0.1, 0.15) is 19.3 Å². The Hall–Kier alpha value is -1.92. The molecule has 1 heterocycles. The van der Waals surface area contributed by atoms with Crippen LogP contribution < -0.4 is 5.73 Å². The van der Waals surface area contributed by atoms with Gasteiger partial charge >= 0.3 is 0 Å². The van der Waals surface area contributed by atoms with Crippen molar-refractivity contribution in [2.75, 3.05) is 13.8 Å². The van der Waals surface area contributed by atoms with Crippen LogP contribution in [0.4, 0.5) is 4.39 Å². The molecule has 0 saturated carbocycles. The molecule has 5 nitrogen and oxygen atoms in total. The number of halogens is 1. The third-order valence-electron chi connectivity index (χ3n) is 2.81. The minimum absolute atomic E-state index is 0.461. The second-order valence-corrected chi connectivity index (χ2v) is 4.06. The molecule has 6 heteroatoms. The summed E-state index contributed by atoms with van der Waals surface area (Å²) in [6, 6.07) is 6.70. The molecular formula is C13H15FN4O. The Labute approximate surface area is 110 Å². The van der Waals surface area contributed by atoms with Crippen LogP contribution >= 0.6 is 0 Å². The van der Waals surface area contributed by atoms with Gasteiger partial charge in [-0.2, -0.15) is 0 Å². The standard InChI is InChI=1S/C13H15FN4O/c1-19-12(11(15)6-14)9-2-4-10(5-3-9)13-17-7-16-8-18-13/h2-5,7-8,11-12H,6,15H2,1H3. The Bertz CT molecular complexity index is 506. The number of methoxy groups -OCH3 is 1. The summed E-state index contributed by atoms with van der Waals surface area (Å²) >= 11 is 0. The summed E-state index contributed by atoms with van der Waals surface area (Å²) in [6.45, 7) is -0.631. The molecule has 100 valence electrons. The zero-order valence-corrected chi connectivity index (χ0v) is 10.5. The predicted molar refractivity (Wildman–Crippen MR) is 69.0 cm³/mol. The van der Waals surface area contributed by atoms with Crippen molar-refractivity contribution in [3.05, 3.63) is 42.5 Å². The predicted octanol–water partition coefficient (Wildman–Crippen LogP) is 1.52. The number of alkyl halides is 1. The number of nitrogens with two attached hydrogens (primary N) is 1. The first-order valence-corrected chi connectivity index (χ1v) is 5.83. The van der Waals surface area contributed by atoms with Gasteiger partial charge in [0.2, 0.25) is 0 Å². The summed E-state index contributed by atoms with van der Waals surface area (Å²) in [7, 11) is 1.51. The fourth-order valence-electron chi connectivity index (χ4n) is 1.85. The first-order valence-electron chi connectivity index (χ1n) is 5.83. The van der Waals surface area contributed by atoms with Gasteiger partial charge in [-0.15, -0.1) is 0 Å². The van der Waals surface area contributed by atoms with Crippen LogP contribution in [0.2, 0.25) is 0 Å². The molecule has 2 rings (SSSR count). The van der Waals surface area contributed by atoms with E-state index < -0.39 is 18.8 Å². The normalized spacial score (nSPS) is 14.1.